The van der Waals surface area contributed by atoms with Crippen LogP contribution in [0.5, 0.6) is 0 Å². The smallest absolute Gasteiger partial charge is 0.243 e. The number of rotatable bonds is 7. The topological polar surface area (TPSA) is 66.6 Å². The maximum Gasteiger partial charge on any atom is 0.243 e. The summed E-state index contributed by atoms with van der Waals surface area (Å²) in [5, 5.41) is 0. The highest BCUT2D eigenvalue weighted by Crippen LogP contribution is 2.22. The monoisotopic (exact) mass is 313 g/mol. The predicted octanol–water partition coefficient (Wildman–Crippen LogP) is 1.41. The molecule has 1 atom stereocenters. The largest absolute Gasteiger partial charge is 0.326 e. The highest BCUT2D eigenvalue weighted by molar-refractivity contribution is 7.89. The lowest BCUT2D eigenvalue weighted by Gasteiger charge is -2.29. The van der Waals surface area contributed by atoms with E-state index >= 15 is 0 Å². The van der Waals surface area contributed by atoms with Gasteiger partial charge in [-0.2, -0.15) is 4.31 Å². The molecule has 1 aromatic carbocycles. The highest BCUT2D eigenvalue weighted by Gasteiger charge is 2.29. The van der Waals surface area contributed by atoms with E-state index in [1.165, 1.54) is 0 Å². The lowest BCUT2D eigenvalue weighted by Crippen LogP contribution is -2.43. The lowest BCUT2D eigenvalue weighted by atomic mass is 10.1. The molecule has 0 saturated carbocycles. The quantitative estimate of drug-likeness (QED) is 0.826. The summed E-state index contributed by atoms with van der Waals surface area (Å²) in [6.45, 7) is 7.17. The van der Waals surface area contributed by atoms with Gasteiger partial charge < -0.3 is 10.6 Å². The van der Waals surface area contributed by atoms with Gasteiger partial charge in [-0.05, 0) is 45.1 Å². The zero-order chi connectivity index (χ0) is 16.2. The molecule has 5 nitrogen and oxygen atoms in total. The second kappa shape index (κ2) is 7.35. The molecule has 0 fully saturated rings. The van der Waals surface area contributed by atoms with E-state index < -0.39 is 10.0 Å². The van der Waals surface area contributed by atoms with Crippen molar-refractivity contribution in [1.29, 1.82) is 0 Å². The van der Waals surface area contributed by atoms with E-state index in [2.05, 4.69) is 0 Å². The van der Waals surface area contributed by atoms with Gasteiger partial charge in [-0.3, -0.25) is 0 Å². The number of nitrogens with two attached hydrogens (primary N) is 1. The molecular formula is C15H27N3O2S. The van der Waals surface area contributed by atoms with Crippen molar-refractivity contribution < 1.29 is 8.42 Å². The Bertz CT molecular complexity index is 570. The average molecular weight is 313 g/mol. The van der Waals surface area contributed by atoms with Gasteiger partial charge in [0.25, 0.3) is 0 Å². The van der Waals surface area contributed by atoms with Gasteiger partial charge in [0.05, 0.1) is 4.90 Å². The summed E-state index contributed by atoms with van der Waals surface area (Å²) >= 11 is 0. The van der Waals surface area contributed by atoms with Crippen molar-refractivity contribution in [2.75, 3.05) is 27.2 Å². The number of hydrogen-bond acceptors (Lipinski definition) is 4. The van der Waals surface area contributed by atoms with Crippen LogP contribution in [0, 0.1) is 6.92 Å². The van der Waals surface area contributed by atoms with Crippen molar-refractivity contribution in [2.24, 2.45) is 5.73 Å². The van der Waals surface area contributed by atoms with E-state index in [0.29, 0.717) is 24.5 Å². The summed E-state index contributed by atoms with van der Waals surface area (Å²) < 4.78 is 27.3. The molecule has 0 saturated heterocycles. The minimum atomic E-state index is -3.49. The molecule has 120 valence electrons. The van der Waals surface area contributed by atoms with Gasteiger partial charge in [0.2, 0.25) is 10.0 Å². The molecule has 1 aromatic rings. The number of aryl methyl sites for hydroxylation is 1. The Hall–Kier alpha value is -0.950. The number of benzene rings is 1. The SMILES string of the molecule is CCN(C(C)CN(C)C)S(=O)(=O)c1ccc(CN)cc1C. The molecule has 0 heterocycles. The van der Waals surface area contributed by atoms with Crippen LogP contribution in [-0.2, 0) is 16.6 Å². The van der Waals surface area contributed by atoms with Gasteiger partial charge in [0, 0.05) is 25.7 Å². The maximum absolute atomic E-state index is 12.9. The second-order valence-corrected chi connectivity index (χ2v) is 7.48. The van der Waals surface area contributed by atoms with Gasteiger partial charge in [-0.1, -0.05) is 19.1 Å². The molecule has 0 radical (unpaired) electrons. The van der Waals surface area contributed by atoms with Gasteiger partial charge in [0.15, 0.2) is 0 Å². The minimum absolute atomic E-state index is 0.0800. The standard InChI is InChI=1S/C15H27N3O2S/c1-6-18(13(3)11-17(4)5)21(19,20)15-8-7-14(10-16)9-12(15)2/h7-9,13H,6,10-11,16H2,1-5H3. The molecule has 0 aromatic heterocycles. The molecule has 1 unspecified atom stereocenters. The zero-order valence-electron chi connectivity index (χ0n) is 13.6. The molecule has 2 N–H and O–H groups in total. The van der Waals surface area contributed by atoms with Crippen LogP contribution in [0.3, 0.4) is 0 Å². The molecule has 21 heavy (non-hydrogen) atoms. The Labute approximate surface area is 128 Å². The molecule has 0 aliphatic heterocycles. The Kier molecular flexibility index (Phi) is 6.34. The van der Waals surface area contributed by atoms with Crippen molar-refractivity contribution in [3.8, 4) is 0 Å². The van der Waals surface area contributed by atoms with Crippen LogP contribution >= 0.6 is 0 Å². The van der Waals surface area contributed by atoms with Gasteiger partial charge in [-0.25, -0.2) is 8.42 Å². The molecule has 0 spiro atoms. The van der Waals surface area contributed by atoms with Gasteiger partial charge in [0.1, 0.15) is 0 Å². The third-order valence-corrected chi connectivity index (χ3v) is 5.74. The first-order valence-corrected chi connectivity index (χ1v) is 8.64. The van der Waals surface area contributed by atoms with Gasteiger partial charge >= 0.3 is 0 Å². The Morgan fingerprint density at radius 1 is 1.29 bits per heavy atom. The van der Waals surface area contributed by atoms with Crippen LogP contribution in [-0.4, -0.2) is 50.8 Å². The fourth-order valence-electron chi connectivity index (χ4n) is 2.59. The summed E-state index contributed by atoms with van der Waals surface area (Å²) in [6, 6.07) is 5.21. The van der Waals surface area contributed by atoms with Crippen LogP contribution in [0.2, 0.25) is 0 Å². The van der Waals surface area contributed by atoms with Crippen molar-refractivity contribution in [2.45, 2.75) is 38.3 Å². The van der Waals surface area contributed by atoms with E-state index in [4.69, 9.17) is 5.73 Å². The van der Waals surface area contributed by atoms with E-state index in [1.54, 1.807) is 16.4 Å². The van der Waals surface area contributed by atoms with Crippen LogP contribution in [0.25, 0.3) is 0 Å². The number of likely N-dealkylation sites (N-methyl/N-ethyl adjacent to an activating group) is 2. The highest BCUT2D eigenvalue weighted by atomic mass is 32.2. The normalized spacial score (nSPS) is 13.9. The second-order valence-electron chi connectivity index (χ2n) is 5.62. The fourth-order valence-corrected chi connectivity index (χ4v) is 4.43. The molecule has 0 aliphatic rings. The van der Waals surface area contributed by atoms with Crippen molar-refractivity contribution >= 4 is 10.0 Å². The molecule has 6 heteroatoms. The van der Waals surface area contributed by atoms with E-state index in [9.17, 15) is 8.42 Å². The first kappa shape index (κ1) is 18.1. The molecule has 0 bridgehead atoms. The average Bonchev–Trinajstić information content (AvgIpc) is 2.37. The molecule has 1 rings (SSSR count). The summed E-state index contributed by atoms with van der Waals surface area (Å²) in [5.74, 6) is 0. The number of nitrogens with zero attached hydrogens (tertiary/aromatic N) is 2. The van der Waals surface area contributed by atoms with Crippen molar-refractivity contribution in [3.05, 3.63) is 29.3 Å². The van der Waals surface area contributed by atoms with E-state index in [0.717, 1.165) is 11.1 Å². The molecule has 0 amide bonds. The van der Waals surface area contributed by atoms with E-state index in [1.807, 2.05) is 45.8 Å². The Morgan fingerprint density at radius 3 is 2.33 bits per heavy atom. The first-order valence-electron chi connectivity index (χ1n) is 7.20. The third-order valence-electron chi connectivity index (χ3n) is 3.49. The van der Waals surface area contributed by atoms with Crippen molar-refractivity contribution in [1.82, 2.24) is 9.21 Å². The molecular weight excluding hydrogens is 286 g/mol. The van der Waals surface area contributed by atoms with E-state index in [-0.39, 0.29) is 6.04 Å². The molecule has 0 aliphatic carbocycles. The Morgan fingerprint density at radius 2 is 1.90 bits per heavy atom. The van der Waals surface area contributed by atoms with Crippen LogP contribution in [0.1, 0.15) is 25.0 Å². The van der Waals surface area contributed by atoms with Crippen molar-refractivity contribution in [3.63, 3.8) is 0 Å². The third kappa shape index (κ3) is 4.26. The minimum Gasteiger partial charge on any atom is -0.326 e. The summed E-state index contributed by atoms with van der Waals surface area (Å²) in [4.78, 5) is 2.36. The van der Waals surface area contributed by atoms with Crippen LogP contribution in [0.4, 0.5) is 0 Å². The number of hydrogen-bond donors (Lipinski definition) is 1. The van der Waals surface area contributed by atoms with Gasteiger partial charge in [-0.15, -0.1) is 0 Å². The Balaban J connectivity index is 3.18. The van der Waals surface area contributed by atoms with Crippen LogP contribution in [0.15, 0.2) is 23.1 Å². The zero-order valence-corrected chi connectivity index (χ0v) is 14.4. The first-order chi connectivity index (χ1) is 9.73. The fraction of sp³-hybridized carbons (Fsp3) is 0.600. The lowest BCUT2D eigenvalue weighted by molar-refractivity contribution is 0.271. The summed E-state index contributed by atoms with van der Waals surface area (Å²) in [5.41, 5.74) is 7.29. The predicted molar refractivity (Wildman–Crippen MR) is 86.7 cm³/mol. The number of sulfonamides is 1. The summed E-state index contributed by atoms with van der Waals surface area (Å²) in [7, 11) is 0.400. The summed E-state index contributed by atoms with van der Waals surface area (Å²) in [6.07, 6.45) is 0. The van der Waals surface area contributed by atoms with Crippen LogP contribution < -0.4 is 5.73 Å². The maximum atomic E-state index is 12.9.